The van der Waals surface area contributed by atoms with Crippen LogP contribution in [-0.4, -0.2) is 76.5 Å². The molecule has 0 saturated carbocycles. The minimum absolute atomic E-state index is 0.166. The Morgan fingerprint density at radius 1 is 0.793 bits per heavy atom. The molecule has 1 aromatic heterocycles. The van der Waals surface area contributed by atoms with Crippen molar-refractivity contribution in [1.29, 1.82) is 0 Å². The van der Waals surface area contributed by atoms with Crippen LogP contribution >= 0.6 is 36.0 Å². The number of piperazine rings is 1. The molecule has 0 radical (unpaired) electrons. The predicted octanol–water partition coefficient (Wildman–Crippen LogP) is 10.3. The van der Waals surface area contributed by atoms with E-state index in [0.717, 1.165) is 66.9 Å². The van der Waals surface area contributed by atoms with E-state index in [9.17, 15) is 8.42 Å². The standard InChI is InChI=1S/C46H51ClN6O2S3/c1-33-29-43(46(51(33)4)34-13-15-36(47)16-14-34)35-9-8-10-40(30-35)53-27-25-52(26-28-53)39-19-17-37(18-20-39)49-58(54,55)42-21-22-44(45(56)31-42)48-38(23-24-50(2)3)32-57-41-11-6-5-7-12-41/h5-22,29-31,38,48-49,56H,23-28,32H2,1-4H3/t38-/m1/s1. The summed E-state index contributed by atoms with van der Waals surface area (Å²) < 4.78 is 32.0. The van der Waals surface area contributed by atoms with Crippen molar-refractivity contribution < 1.29 is 8.42 Å². The quantitative estimate of drug-likeness (QED) is 0.0702. The van der Waals surface area contributed by atoms with Gasteiger partial charge in [0, 0.05) is 93.8 Å². The van der Waals surface area contributed by atoms with E-state index in [1.165, 1.54) is 33.1 Å². The lowest BCUT2D eigenvalue weighted by Gasteiger charge is -2.37. The molecule has 58 heavy (non-hydrogen) atoms. The van der Waals surface area contributed by atoms with Crippen LogP contribution in [-0.2, 0) is 17.1 Å². The van der Waals surface area contributed by atoms with Gasteiger partial charge in [-0.1, -0.05) is 54.1 Å². The number of hydrogen-bond acceptors (Lipinski definition) is 8. The first kappa shape index (κ1) is 41.6. The van der Waals surface area contributed by atoms with Crippen molar-refractivity contribution in [2.75, 3.05) is 72.4 Å². The Kier molecular flexibility index (Phi) is 13.3. The Balaban J connectivity index is 0.960. The van der Waals surface area contributed by atoms with Gasteiger partial charge < -0.3 is 24.6 Å². The van der Waals surface area contributed by atoms with Gasteiger partial charge in [0.15, 0.2) is 0 Å². The second kappa shape index (κ2) is 18.6. The topological polar surface area (TPSA) is 72.8 Å². The summed E-state index contributed by atoms with van der Waals surface area (Å²) in [7, 11) is 2.41. The summed E-state index contributed by atoms with van der Waals surface area (Å²) in [5, 5.41) is 4.35. The number of aromatic nitrogens is 1. The number of nitrogens with zero attached hydrogens (tertiary/aromatic N) is 4. The van der Waals surface area contributed by atoms with E-state index >= 15 is 0 Å². The minimum atomic E-state index is -3.83. The molecule has 8 nitrogen and oxygen atoms in total. The summed E-state index contributed by atoms with van der Waals surface area (Å²) in [5.74, 6) is 0.869. The molecule has 7 rings (SSSR count). The predicted molar refractivity (Wildman–Crippen MR) is 249 cm³/mol. The van der Waals surface area contributed by atoms with Gasteiger partial charge in [0.25, 0.3) is 10.0 Å². The van der Waals surface area contributed by atoms with Crippen LogP contribution in [0.5, 0.6) is 0 Å². The van der Waals surface area contributed by atoms with Gasteiger partial charge in [-0.2, -0.15) is 0 Å². The maximum absolute atomic E-state index is 13.5. The Morgan fingerprint density at radius 3 is 2.16 bits per heavy atom. The number of hydrogen-bond donors (Lipinski definition) is 3. The van der Waals surface area contributed by atoms with Crippen LogP contribution in [0.1, 0.15) is 12.1 Å². The number of thioether (sulfide) groups is 1. The molecule has 1 atom stereocenters. The maximum Gasteiger partial charge on any atom is 0.261 e. The zero-order valence-corrected chi connectivity index (χ0v) is 36.7. The molecule has 0 aliphatic carbocycles. The summed E-state index contributed by atoms with van der Waals surface area (Å²) in [6.45, 7) is 6.50. The minimum Gasteiger partial charge on any atom is -0.381 e. The number of aryl methyl sites for hydroxylation is 1. The third-order valence-corrected chi connectivity index (χ3v) is 13.8. The fourth-order valence-electron chi connectivity index (χ4n) is 7.30. The third kappa shape index (κ3) is 10.2. The Morgan fingerprint density at radius 2 is 1.48 bits per heavy atom. The molecular weight excluding hydrogens is 800 g/mol. The van der Waals surface area contributed by atoms with Gasteiger partial charge in [0.2, 0.25) is 0 Å². The molecule has 302 valence electrons. The molecule has 0 unspecified atom stereocenters. The van der Waals surface area contributed by atoms with Gasteiger partial charge in [-0.05, 0) is 130 Å². The van der Waals surface area contributed by atoms with Crippen molar-refractivity contribution in [3.63, 3.8) is 0 Å². The zero-order chi connectivity index (χ0) is 40.8. The molecule has 12 heteroatoms. The molecule has 5 aromatic carbocycles. The number of thiol groups is 1. The van der Waals surface area contributed by atoms with Gasteiger partial charge in [0.05, 0.1) is 10.6 Å². The lowest BCUT2D eigenvalue weighted by Crippen LogP contribution is -2.46. The van der Waals surface area contributed by atoms with E-state index in [0.29, 0.717) is 10.6 Å². The molecule has 2 heterocycles. The number of rotatable bonds is 15. The number of nitrogens with one attached hydrogen (secondary N) is 2. The Labute approximate surface area is 358 Å². The van der Waals surface area contributed by atoms with E-state index in [4.69, 9.17) is 24.2 Å². The van der Waals surface area contributed by atoms with E-state index in [1.807, 2.05) is 60.7 Å². The first-order chi connectivity index (χ1) is 27.9. The molecule has 0 amide bonds. The molecule has 1 saturated heterocycles. The molecule has 2 N–H and O–H groups in total. The van der Waals surface area contributed by atoms with Gasteiger partial charge in [-0.15, -0.1) is 24.4 Å². The van der Waals surface area contributed by atoms with Crippen LogP contribution in [0, 0.1) is 6.92 Å². The van der Waals surface area contributed by atoms with E-state index in [2.05, 4.69) is 112 Å². The third-order valence-electron chi connectivity index (χ3n) is 10.6. The maximum atomic E-state index is 13.5. The van der Waals surface area contributed by atoms with Gasteiger partial charge in [0.1, 0.15) is 0 Å². The second-order valence-electron chi connectivity index (χ2n) is 15.0. The first-order valence-electron chi connectivity index (χ1n) is 19.5. The average molecular weight is 852 g/mol. The van der Waals surface area contributed by atoms with E-state index < -0.39 is 10.0 Å². The van der Waals surface area contributed by atoms with Crippen LogP contribution < -0.4 is 19.8 Å². The second-order valence-corrected chi connectivity index (χ2v) is 18.7. The highest BCUT2D eigenvalue weighted by molar-refractivity contribution is 7.99. The number of sulfonamides is 1. The molecule has 6 aromatic rings. The number of anilines is 4. The van der Waals surface area contributed by atoms with Crippen LogP contribution in [0.2, 0.25) is 5.02 Å². The molecule has 1 aliphatic rings. The summed E-state index contributed by atoms with van der Waals surface area (Å²) in [5.41, 5.74) is 9.47. The van der Waals surface area contributed by atoms with Crippen LogP contribution in [0.15, 0.2) is 142 Å². The Bertz CT molecular complexity index is 2420. The SMILES string of the molecule is Cc1cc(-c2cccc(N3CCN(c4ccc(NS(=O)(=O)c5ccc(N[C@H](CCN(C)C)CSc6ccccc6)c(S)c5)cc4)CC3)c2)c(-c2ccc(Cl)cc2)n1C. The zero-order valence-electron chi connectivity index (χ0n) is 33.4. The van der Waals surface area contributed by atoms with Crippen molar-refractivity contribution in [2.24, 2.45) is 7.05 Å². The van der Waals surface area contributed by atoms with Crippen molar-refractivity contribution >= 4 is 68.8 Å². The number of halogens is 1. The normalized spacial score (nSPS) is 13.8. The van der Waals surface area contributed by atoms with Crippen LogP contribution in [0.3, 0.4) is 0 Å². The molecule has 0 bridgehead atoms. The highest BCUT2D eigenvalue weighted by atomic mass is 35.5. The highest BCUT2D eigenvalue weighted by Gasteiger charge is 2.21. The molecule has 1 fully saturated rings. The fourth-order valence-corrected chi connectivity index (χ4v) is 9.87. The highest BCUT2D eigenvalue weighted by Crippen LogP contribution is 2.37. The summed E-state index contributed by atoms with van der Waals surface area (Å²) in [6, 6.07) is 42.3. The van der Waals surface area contributed by atoms with Gasteiger partial charge >= 0.3 is 0 Å². The average Bonchev–Trinajstić information content (AvgIpc) is 3.53. The van der Waals surface area contributed by atoms with Crippen molar-refractivity contribution in [3.05, 3.63) is 138 Å². The fraction of sp³-hybridized carbons (Fsp3) is 0.261. The number of benzene rings is 5. The van der Waals surface area contributed by atoms with E-state index in [-0.39, 0.29) is 10.9 Å². The summed E-state index contributed by atoms with van der Waals surface area (Å²) in [4.78, 5) is 8.92. The largest absolute Gasteiger partial charge is 0.381 e. The van der Waals surface area contributed by atoms with Crippen molar-refractivity contribution in [1.82, 2.24) is 9.47 Å². The summed E-state index contributed by atoms with van der Waals surface area (Å²) in [6.07, 6.45) is 0.933. The smallest absolute Gasteiger partial charge is 0.261 e. The van der Waals surface area contributed by atoms with Gasteiger partial charge in [-0.25, -0.2) is 8.42 Å². The van der Waals surface area contributed by atoms with Crippen LogP contribution in [0.25, 0.3) is 22.4 Å². The molecule has 0 spiro atoms. The molecule has 1 aliphatic heterocycles. The van der Waals surface area contributed by atoms with Gasteiger partial charge in [-0.3, -0.25) is 4.72 Å². The van der Waals surface area contributed by atoms with Crippen molar-refractivity contribution in [2.45, 2.75) is 34.1 Å². The monoisotopic (exact) mass is 850 g/mol. The van der Waals surface area contributed by atoms with Crippen molar-refractivity contribution in [3.8, 4) is 22.4 Å². The van der Waals surface area contributed by atoms with E-state index in [1.54, 1.807) is 23.9 Å². The molecular formula is C46H51ClN6O2S3. The lowest BCUT2D eigenvalue weighted by atomic mass is 10.0. The van der Waals surface area contributed by atoms with Crippen LogP contribution in [0.4, 0.5) is 22.7 Å². The lowest BCUT2D eigenvalue weighted by molar-refractivity contribution is 0.391. The summed E-state index contributed by atoms with van der Waals surface area (Å²) >= 11 is 12.7. The Hall–Kier alpha value is -4.52. The first-order valence-corrected chi connectivity index (χ1v) is 22.8.